The highest BCUT2D eigenvalue weighted by Gasteiger charge is 2.27. The fraction of sp³-hybridized carbons (Fsp3) is 0.389. The van der Waals surface area contributed by atoms with Crippen molar-refractivity contribution in [2.24, 2.45) is 0 Å². The highest BCUT2D eigenvalue weighted by molar-refractivity contribution is 7.91. The number of hydrogen-bond acceptors (Lipinski definition) is 4. The number of hydrogen-bond donors (Lipinski definition) is 2. The molecule has 2 N–H and O–H groups in total. The summed E-state index contributed by atoms with van der Waals surface area (Å²) in [4.78, 5) is 7.79. The summed E-state index contributed by atoms with van der Waals surface area (Å²) in [5, 5.41) is 4.58. The van der Waals surface area contributed by atoms with E-state index in [1.807, 2.05) is 24.7 Å². The van der Waals surface area contributed by atoms with Gasteiger partial charge in [-0.2, -0.15) is 0 Å². The minimum Gasteiger partial charge on any atom is -0.353 e. The standard InChI is InChI=1S/C18H22N4O2S/c1-13-15-4-2-3-5-16(15)21-18(13)17-10-19-12-22(17)8-7-20-14-6-9-25(23,24)11-14/h2-5,10,12,14,20-21H,6-9,11H2,1H3. The van der Waals surface area contributed by atoms with Crippen LogP contribution in [0.1, 0.15) is 12.0 Å². The number of aromatic amines is 1. The Balaban J connectivity index is 1.50. The third-order valence-electron chi connectivity index (χ3n) is 4.95. The van der Waals surface area contributed by atoms with Crippen molar-refractivity contribution < 1.29 is 8.42 Å². The van der Waals surface area contributed by atoms with Crippen LogP contribution in [-0.2, 0) is 16.4 Å². The van der Waals surface area contributed by atoms with E-state index in [-0.39, 0.29) is 11.8 Å². The Morgan fingerprint density at radius 3 is 2.96 bits per heavy atom. The van der Waals surface area contributed by atoms with Gasteiger partial charge in [-0.25, -0.2) is 13.4 Å². The van der Waals surface area contributed by atoms with Crippen LogP contribution >= 0.6 is 0 Å². The van der Waals surface area contributed by atoms with Crippen LogP contribution in [0.3, 0.4) is 0 Å². The zero-order valence-corrected chi connectivity index (χ0v) is 15.0. The lowest BCUT2D eigenvalue weighted by atomic mass is 10.1. The Bertz CT molecular complexity index is 1000. The number of aryl methyl sites for hydroxylation is 1. The predicted octanol–water partition coefficient (Wildman–Crippen LogP) is 2.12. The maximum absolute atomic E-state index is 11.5. The molecule has 2 aromatic heterocycles. The molecule has 3 heterocycles. The molecular weight excluding hydrogens is 336 g/mol. The second-order valence-corrected chi connectivity index (χ2v) is 8.93. The van der Waals surface area contributed by atoms with Crippen molar-refractivity contribution >= 4 is 20.7 Å². The van der Waals surface area contributed by atoms with E-state index in [1.54, 1.807) is 0 Å². The van der Waals surface area contributed by atoms with Gasteiger partial charge in [0.2, 0.25) is 0 Å². The Morgan fingerprint density at radius 1 is 1.36 bits per heavy atom. The number of nitrogens with one attached hydrogen (secondary N) is 2. The second-order valence-electron chi connectivity index (χ2n) is 6.70. The van der Waals surface area contributed by atoms with Crippen molar-refractivity contribution in [1.82, 2.24) is 19.9 Å². The molecule has 4 rings (SSSR count). The van der Waals surface area contributed by atoms with Crippen LogP contribution in [0.4, 0.5) is 0 Å². The van der Waals surface area contributed by atoms with Gasteiger partial charge in [0.25, 0.3) is 0 Å². The van der Waals surface area contributed by atoms with E-state index in [1.165, 1.54) is 10.9 Å². The molecule has 0 aliphatic carbocycles. The minimum absolute atomic E-state index is 0.0757. The molecule has 0 radical (unpaired) electrons. The largest absolute Gasteiger partial charge is 0.353 e. The number of benzene rings is 1. The molecule has 0 spiro atoms. The average Bonchev–Trinajstić information content (AvgIpc) is 3.26. The van der Waals surface area contributed by atoms with E-state index in [2.05, 4.69) is 38.9 Å². The average molecular weight is 358 g/mol. The molecule has 1 saturated heterocycles. The minimum atomic E-state index is -2.84. The first-order chi connectivity index (χ1) is 12.0. The molecule has 0 saturated carbocycles. The summed E-state index contributed by atoms with van der Waals surface area (Å²) in [5.74, 6) is 0.556. The Morgan fingerprint density at radius 2 is 2.20 bits per heavy atom. The summed E-state index contributed by atoms with van der Waals surface area (Å²) in [5.41, 5.74) is 4.47. The van der Waals surface area contributed by atoms with Gasteiger partial charge >= 0.3 is 0 Å². The van der Waals surface area contributed by atoms with E-state index < -0.39 is 9.84 Å². The maximum atomic E-state index is 11.5. The van der Waals surface area contributed by atoms with Gasteiger partial charge in [0.05, 0.1) is 35.4 Å². The van der Waals surface area contributed by atoms with Crippen LogP contribution in [0, 0.1) is 6.92 Å². The van der Waals surface area contributed by atoms with Crippen molar-refractivity contribution in [3.8, 4) is 11.4 Å². The molecule has 1 aliphatic rings. The van der Waals surface area contributed by atoms with Crippen molar-refractivity contribution in [2.45, 2.75) is 25.9 Å². The molecule has 1 fully saturated rings. The SMILES string of the molecule is Cc1c(-c2cncn2CCNC2CCS(=O)(=O)C2)[nH]c2ccccc12. The summed E-state index contributed by atoms with van der Waals surface area (Å²) >= 11 is 0. The second kappa shape index (κ2) is 6.31. The zero-order valence-electron chi connectivity index (χ0n) is 14.2. The van der Waals surface area contributed by atoms with Gasteiger partial charge in [0, 0.05) is 30.0 Å². The third-order valence-corrected chi connectivity index (χ3v) is 6.72. The van der Waals surface area contributed by atoms with Gasteiger partial charge in [0.15, 0.2) is 9.84 Å². The number of para-hydroxylation sites is 1. The molecule has 1 atom stereocenters. The molecule has 6 nitrogen and oxygen atoms in total. The summed E-state index contributed by atoms with van der Waals surface area (Å²) in [6, 6.07) is 8.34. The van der Waals surface area contributed by atoms with Crippen molar-refractivity contribution in [3.05, 3.63) is 42.4 Å². The molecule has 25 heavy (non-hydrogen) atoms. The lowest BCUT2D eigenvalue weighted by Crippen LogP contribution is -2.32. The number of imidazole rings is 1. The number of rotatable bonds is 5. The summed E-state index contributed by atoms with van der Waals surface area (Å²) in [6.45, 7) is 3.59. The van der Waals surface area contributed by atoms with Crippen LogP contribution < -0.4 is 5.32 Å². The topological polar surface area (TPSA) is 79.8 Å². The number of fused-ring (bicyclic) bond motifs is 1. The van der Waals surface area contributed by atoms with Gasteiger partial charge in [0.1, 0.15) is 0 Å². The Kier molecular flexibility index (Phi) is 4.13. The van der Waals surface area contributed by atoms with Crippen LogP contribution in [-0.4, -0.2) is 47.0 Å². The fourth-order valence-corrected chi connectivity index (χ4v) is 5.30. The van der Waals surface area contributed by atoms with E-state index in [0.717, 1.165) is 30.0 Å². The van der Waals surface area contributed by atoms with Crippen molar-refractivity contribution in [1.29, 1.82) is 0 Å². The zero-order chi connectivity index (χ0) is 17.4. The lowest BCUT2D eigenvalue weighted by molar-refractivity contribution is 0.521. The highest BCUT2D eigenvalue weighted by atomic mass is 32.2. The number of sulfone groups is 1. The molecule has 1 aromatic carbocycles. The van der Waals surface area contributed by atoms with Crippen LogP contribution in [0.2, 0.25) is 0 Å². The third kappa shape index (κ3) is 3.21. The molecule has 7 heteroatoms. The lowest BCUT2D eigenvalue weighted by Gasteiger charge is -2.12. The predicted molar refractivity (Wildman–Crippen MR) is 99.3 cm³/mol. The molecule has 132 valence electrons. The molecule has 0 amide bonds. The van der Waals surface area contributed by atoms with Gasteiger partial charge in [-0.1, -0.05) is 18.2 Å². The molecule has 0 bridgehead atoms. The number of aromatic nitrogens is 3. The Hall–Kier alpha value is -2.12. The summed E-state index contributed by atoms with van der Waals surface area (Å²) in [6.07, 6.45) is 4.41. The maximum Gasteiger partial charge on any atom is 0.151 e. The van der Waals surface area contributed by atoms with Gasteiger partial charge in [-0.15, -0.1) is 0 Å². The van der Waals surface area contributed by atoms with Gasteiger partial charge < -0.3 is 14.9 Å². The normalized spacial score (nSPS) is 19.6. The van der Waals surface area contributed by atoms with Crippen LogP contribution in [0.15, 0.2) is 36.8 Å². The molecule has 1 aliphatic heterocycles. The number of nitrogens with zero attached hydrogens (tertiary/aromatic N) is 2. The van der Waals surface area contributed by atoms with Crippen LogP contribution in [0.25, 0.3) is 22.3 Å². The quantitative estimate of drug-likeness (QED) is 0.732. The van der Waals surface area contributed by atoms with Crippen LogP contribution in [0.5, 0.6) is 0 Å². The summed E-state index contributed by atoms with van der Waals surface area (Å²) < 4.78 is 25.2. The van der Waals surface area contributed by atoms with Crippen molar-refractivity contribution in [3.63, 3.8) is 0 Å². The fourth-order valence-electron chi connectivity index (χ4n) is 3.59. The first-order valence-corrected chi connectivity index (χ1v) is 10.4. The summed E-state index contributed by atoms with van der Waals surface area (Å²) in [7, 11) is -2.84. The molecular formula is C18H22N4O2S. The highest BCUT2D eigenvalue weighted by Crippen LogP contribution is 2.29. The monoisotopic (exact) mass is 358 g/mol. The van der Waals surface area contributed by atoms with E-state index in [9.17, 15) is 8.42 Å². The van der Waals surface area contributed by atoms with Gasteiger partial charge in [-0.3, -0.25) is 0 Å². The first kappa shape index (κ1) is 16.4. The van der Waals surface area contributed by atoms with E-state index >= 15 is 0 Å². The molecule has 1 unspecified atom stereocenters. The first-order valence-electron chi connectivity index (χ1n) is 8.55. The number of H-pyrrole nitrogens is 1. The van der Waals surface area contributed by atoms with E-state index in [0.29, 0.717) is 12.2 Å². The smallest absolute Gasteiger partial charge is 0.151 e. The van der Waals surface area contributed by atoms with E-state index in [4.69, 9.17) is 0 Å². The molecule has 3 aromatic rings. The van der Waals surface area contributed by atoms with Crippen molar-refractivity contribution in [2.75, 3.05) is 18.1 Å². The van der Waals surface area contributed by atoms with Gasteiger partial charge in [-0.05, 0) is 25.0 Å². The Labute approximate surface area is 147 Å².